The van der Waals surface area contributed by atoms with E-state index in [9.17, 15) is 4.79 Å². The second-order valence-corrected chi connectivity index (χ2v) is 4.91. The van der Waals surface area contributed by atoms with Crippen molar-refractivity contribution in [1.29, 1.82) is 0 Å². The lowest BCUT2D eigenvalue weighted by Gasteiger charge is -2.34. The smallest absolute Gasteiger partial charge is 0.220 e. The van der Waals surface area contributed by atoms with Gasteiger partial charge in [0, 0.05) is 37.8 Å². The monoisotopic (exact) mass is 242 g/mol. The molecular formula is C13H26N2O2. The van der Waals surface area contributed by atoms with Crippen LogP contribution in [0.5, 0.6) is 0 Å². The van der Waals surface area contributed by atoms with Gasteiger partial charge >= 0.3 is 0 Å². The molecule has 1 rings (SSSR count). The van der Waals surface area contributed by atoms with E-state index >= 15 is 0 Å². The Hall–Kier alpha value is -0.610. The summed E-state index contributed by atoms with van der Waals surface area (Å²) in [6, 6.07) is 1.22. The van der Waals surface area contributed by atoms with Gasteiger partial charge in [-0.15, -0.1) is 0 Å². The molecule has 2 N–H and O–H groups in total. The maximum Gasteiger partial charge on any atom is 0.220 e. The predicted molar refractivity (Wildman–Crippen MR) is 69.0 cm³/mol. The number of nitrogens with one attached hydrogen (secondary N) is 2. The van der Waals surface area contributed by atoms with E-state index in [1.807, 2.05) is 6.92 Å². The minimum Gasteiger partial charge on any atom is -0.382 e. The van der Waals surface area contributed by atoms with Gasteiger partial charge in [-0.2, -0.15) is 0 Å². The van der Waals surface area contributed by atoms with Crippen molar-refractivity contribution in [3.05, 3.63) is 0 Å². The minimum absolute atomic E-state index is 0.151. The zero-order valence-corrected chi connectivity index (χ0v) is 11.3. The second-order valence-electron chi connectivity index (χ2n) is 4.91. The first kappa shape index (κ1) is 14.5. The molecule has 4 heteroatoms. The molecule has 0 aliphatic carbocycles. The van der Waals surface area contributed by atoms with Gasteiger partial charge in [-0.25, -0.2) is 0 Å². The largest absolute Gasteiger partial charge is 0.382 e. The van der Waals surface area contributed by atoms with Gasteiger partial charge in [0.05, 0.1) is 0 Å². The molecule has 0 aromatic rings. The SMILES string of the molecule is CCOCCCC(=O)NC1CCC(C)NC1C. The number of carbonyl (C=O) groups is 1. The van der Waals surface area contributed by atoms with Gasteiger partial charge in [-0.1, -0.05) is 0 Å². The van der Waals surface area contributed by atoms with E-state index in [0.29, 0.717) is 25.1 Å². The highest BCUT2D eigenvalue weighted by atomic mass is 16.5. The number of rotatable bonds is 6. The molecule has 1 saturated heterocycles. The van der Waals surface area contributed by atoms with Gasteiger partial charge < -0.3 is 15.4 Å². The third-order valence-electron chi connectivity index (χ3n) is 3.30. The molecule has 100 valence electrons. The van der Waals surface area contributed by atoms with Crippen LogP contribution in [-0.2, 0) is 9.53 Å². The van der Waals surface area contributed by atoms with Crippen LogP contribution >= 0.6 is 0 Å². The molecule has 0 spiro atoms. The average molecular weight is 242 g/mol. The summed E-state index contributed by atoms with van der Waals surface area (Å²) in [6.07, 6.45) is 3.59. The fourth-order valence-electron chi connectivity index (χ4n) is 2.28. The maximum atomic E-state index is 11.7. The number of ether oxygens (including phenoxy) is 1. The molecule has 1 aliphatic heterocycles. The number of piperidine rings is 1. The van der Waals surface area contributed by atoms with E-state index in [4.69, 9.17) is 4.74 Å². The molecule has 0 bridgehead atoms. The van der Waals surface area contributed by atoms with Crippen LogP contribution < -0.4 is 10.6 Å². The molecule has 17 heavy (non-hydrogen) atoms. The summed E-state index contributed by atoms with van der Waals surface area (Å²) in [5.41, 5.74) is 0. The molecule has 0 aromatic heterocycles. The summed E-state index contributed by atoms with van der Waals surface area (Å²) >= 11 is 0. The van der Waals surface area contributed by atoms with Gasteiger partial charge in [0.1, 0.15) is 0 Å². The van der Waals surface area contributed by atoms with E-state index in [-0.39, 0.29) is 11.9 Å². The maximum absolute atomic E-state index is 11.7. The minimum atomic E-state index is 0.151. The highest BCUT2D eigenvalue weighted by molar-refractivity contribution is 5.76. The molecule has 1 aliphatic rings. The standard InChI is InChI=1S/C13H26N2O2/c1-4-17-9-5-6-13(16)15-12-8-7-10(2)14-11(12)3/h10-12,14H,4-9H2,1-3H3,(H,15,16). The summed E-state index contributed by atoms with van der Waals surface area (Å²) in [6.45, 7) is 7.70. The molecule has 1 heterocycles. The quantitative estimate of drug-likeness (QED) is 0.693. The van der Waals surface area contributed by atoms with Crippen molar-refractivity contribution in [1.82, 2.24) is 10.6 Å². The van der Waals surface area contributed by atoms with Gasteiger partial charge in [0.25, 0.3) is 0 Å². The summed E-state index contributed by atoms with van der Waals surface area (Å²) < 4.78 is 5.22. The Morgan fingerprint density at radius 2 is 2.18 bits per heavy atom. The zero-order chi connectivity index (χ0) is 12.7. The highest BCUT2D eigenvalue weighted by Crippen LogP contribution is 2.13. The Kier molecular flexibility index (Phi) is 6.52. The van der Waals surface area contributed by atoms with Crippen molar-refractivity contribution in [3.8, 4) is 0 Å². The highest BCUT2D eigenvalue weighted by Gasteiger charge is 2.25. The third kappa shape index (κ3) is 5.50. The molecule has 0 aromatic carbocycles. The molecule has 0 saturated carbocycles. The fourth-order valence-corrected chi connectivity index (χ4v) is 2.28. The Labute approximate surface area is 104 Å². The van der Waals surface area contributed by atoms with Crippen molar-refractivity contribution < 1.29 is 9.53 Å². The lowest BCUT2D eigenvalue weighted by molar-refractivity contribution is -0.122. The van der Waals surface area contributed by atoms with Gasteiger partial charge in [0.15, 0.2) is 0 Å². The number of hydrogen-bond donors (Lipinski definition) is 2. The van der Waals surface area contributed by atoms with Gasteiger partial charge in [-0.05, 0) is 40.0 Å². The number of hydrogen-bond acceptors (Lipinski definition) is 3. The van der Waals surface area contributed by atoms with Gasteiger partial charge in [-0.3, -0.25) is 4.79 Å². The first-order chi connectivity index (χ1) is 8.13. The van der Waals surface area contributed by atoms with Crippen LogP contribution in [0, 0.1) is 0 Å². The van der Waals surface area contributed by atoms with Crippen LogP contribution in [0.4, 0.5) is 0 Å². The Morgan fingerprint density at radius 1 is 1.41 bits per heavy atom. The van der Waals surface area contributed by atoms with Crippen LogP contribution in [0.2, 0.25) is 0 Å². The Balaban J connectivity index is 2.17. The van der Waals surface area contributed by atoms with Crippen molar-refractivity contribution in [2.24, 2.45) is 0 Å². The van der Waals surface area contributed by atoms with E-state index < -0.39 is 0 Å². The van der Waals surface area contributed by atoms with Crippen LogP contribution in [0.15, 0.2) is 0 Å². The van der Waals surface area contributed by atoms with Crippen LogP contribution in [0.3, 0.4) is 0 Å². The fraction of sp³-hybridized carbons (Fsp3) is 0.923. The van der Waals surface area contributed by atoms with Gasteiger partial charge in [0.2, 0.25) is 5.91 Å². The number of amides is 1. The normalized spacial score (nSPS) is 29.0. The van der Waals surface area contributed by atoms with Crippen molar-refractivity contribution in [3.63, 3.8) is 0 Å². The molecule has 1 fully saturated rings. The summed E-state index contributed by atoms with van der Waals surface area (Å²) in [4.78, 5) is 11.7. The first-order valence-corrected chi connectivity index (χ1v) is 6.76. The van der Waals surface area contributed by atoms with Crippen molar-refractivity contribution in [2.75, 3.05) is 13.2 Å². The molecule has 3 unspecified atom stereocenters. The van der Waals surface area contributed by atoms with E-state index in [1.54, 1.807) is 0 Å². The Bertz CT molecular complexity index is 233. The Morgan fingerprint density at radius 3 is 2.82 bits per heavy atom. The molecule has 3 atom stereocenters. The van der Waals surface area contributed by atoms with E-state index in [0.717, 1.165) is 25.9 Å². The summed E-state index contributed by atoms with van der Waals surface area (Å²) in [5.74, 6) is 0.151. The molecule has 4 nitrogen and oxygen atoms in total. The average Bonchev–Trinajstić information content (AvgIpc) is 2.28. The van der Waals surface area contributed by atoms with Crippen LogP contribution in [0.1, 0.15) is 46.5 Å². The summed E-state index contributed by atoms with van der Waals surface area (Å²) in [5, 5.41) is 6.58. The van der Waals surface area contributed by atoms with Crippen LogP contribution in [0.25, 0.3) is 0 Å². The zero-order valence-electron chi connectivity index (χ0n) is 11.3. The second kappa shape index (κ2) is 7.67. The van der Waals surface area contributed by atoms with Crippen molar-refractivity contribution in [2.45, 2.75) is 64.6 Å². The predicted octanol–water partition coefficient (Wildman–Crippen LogP) is 1.45. The lowest BCUT2D eigenvalue weighted by atomic mass is 9.95. The lowest BCUT2D eigenvalue weighted by Crippen LogP contribution is -2.54. The number of carbonyl (C=O) groups excluding carboxylic acids is 1. The van der Waals surface area contributed by atoms with Crippen LogP contribution in [-0.4, -0.2) is 37.2 Å². The summed E-state index contributed by atoms with van der Waals surface area (Å²) in [7, 11) is 0. The molecular weight excluding hydrogens is 216 g/mol. The van der Waals surface area contributed by atoms with Crippen molar-refractivity contribution >= 4 is 5.91 Å². The van der Waals surface area contributed by atoms with E-state index in [1.165, 1.54) is 0 Å². The first-order valence-electron chi connectivity index (χ1n) is 6.76. The molecule has 0 radical (unpaired) electrons. The third-order valence-corrected chi connectivity index (χ3v) is 3.30. The topological polar surface area (TPSA) is 50.4 Å². The van der Waals surface area contributed by atoms with E-state index in [2.05, 4.69) is 24.5 Å². The molecule has 1 amide bonds.